The molecule has 0 aromatic rings. The summed E-state index contributed by atoms with van der Waals surface area (Å²) in [4.78, 5) is 0. The summed E-state index contributed by atoms with van der Waals surface area (Å²) in [6, 6.07) is 0. The van der Waals surface area contributed by atoms with Crippen LogP contribution in [0.25, 0.3) is 0 Å². The van der Waals surface area contributed by atoms with Crippen molar-refractivity contribution < 1.29 is 39.0 Å². The van der Waals surface area contributed by atoms with E-state index in [2.05, 4.69) is 0 Å². The smallest absolute Gasteiger partial charge is 0 e. The molecule has 0 aliphatic rings. The monoisotopic (exact) mass is 125 g/mol. The molecule has 0 radical (unpaired) electrons. The minimum atomic E-state index is 0. The summed E-state index contributed by atoms with van der Waals surface area (Å²) in [7, 11) is 0. The van der Waals surface area contributed by atoms with Crippen molar-refractivity contribution in [1.82, 2.24) is 0 Å². The second-order valence-electron chi connectivity index (χ2n) is 0. The molecule has 5 N–H and O–H groups in total. The Balaban J connectivity index is 0. The largest absolute Gasteiger partial charge is 0.870 e. The molecule has 0 amide bonds. The molecule has 4 nitrogen and oxygen atoms in total. The van der Waals surface area contributed by atoms with Gasteiger partial charge in [-0.25, -0.2) is 0 Å². The zero-order chi connectivity index (χ0) is 0. The van der Waals surface area contributed by atoms with Gasteiger partial charge >= 0.3 is 0 Å². The first-order valence-corrected chi connectivity index (χ1v) is 0. The molecule has 0 aromatic heterocycles. The third-order valence-corrected chi connectivity index (χ3v) is 0. The number of rotatable bonds is 0. The fourth-order valence-electron chi connectivity index (χ4n) is 0. The fraction of sp³-hybridized carbons (Fsp3) is 0. The van der Waals surface area contributed by atoms with E-state index in [-0.39, 0.29) is 39.0 Å². The van der Waals surface area contributed by atoms with Gasteiger partial charge in [0.15, 0.2) is 0 Å². The van der Waals surface area contributed by atoms with E-state index in [9.17, 15) is 0 Å². The number of hydrogen-bond donors (Lipinski definition) is 0. The first-order chi connectivity index (χ1) is 0. The molecule has 0 heterocycles. The standard InChI is InChI=1S/Fe.4H2O/h;4*1H2/p-3. The van der Waals surface area contributed by atoms with Crippen molar-refractivity contribution >= 4 is 0 Å². The summed E-state index contributed by atoms with van der Waals surface area (Å²) in [5.74, 6) is 0. The summed E-state index contributed by atoms with van der Waals surface area (Å²) in [5.41, 5.74) is 0. The Labute approximate surface area is 39.9 Å². The summed E-state index contributed by atoms with van der Waals surface area (Å²) in [6.07, 6.45) is 0. The Bertz CT molecular complexity index is 3.61. The minimum Gasteiger partial charge on any atom is -0.870 e. The van der Waals surface area contributed by atoms with Gasteiger partial charge < -0.3 is 21.9 Å². The fourth-order valence-corrected chi connectivity index (χ4v) is 0. The Kier molecular flexibility index (Phi) is 60000. The van der Waals surface area contributed by atoms with Crippen molar-refractivity contribution in [2.24, 2.45) is 0 Å². The average molecular weight is 125 g/mol. The van der Waals surface area contributed by atoms with Crippen LogP contribution in [-0.2, 0) is 17.1 Å². The maximum Gasteiger partial charge on any atom is 0 e. The van der Waals surface area contributed by atoms with Crippen molar-refractivity contribution in [3.63, 3.8) is 0 Å². The summed E-state index contributed by atoms with van der Waals surface area (Å²) < 4.78 is 0. The van der Waals surface area contributed by atoms with E-state index in [0.717, 1.165) is 0 Å². The molecule has 0 aliphatic carbocycles. The SMILES string of the molecule is O.[Fe].[OH-].[OH-].[OH-]. The molecule has 0 rings (SSSR count). The maximum atomic E-state index is 0. The van der Waals surface area contributed by atoms with Crippen LogP contribution in [-0.4, -0.2) is 21.9 Å². The van der Waals surface area contributed by atoms with Crippen LogP contribution in [0.15, 0.2) is 0 Å². The predicted molar refractivity (Wildman–Crippen MR) is 9.42 cm³/mol. The second-order valence-corrected chi connectivity index (χ2v) is 0. The topological polar surface area (TPSA) is 122 Å². The van der Waals surface area contributed by atoms with Gasteiger partial charge in [0.05, 0.1) is 0 Å². The normalized spacial score (nSPS) is 0. The van der Waals surface area contributed by atoms with E-state index in [4.69, 9.17) is 0 Å². The van der Waals surface area contributed by atoms with E-state index in [0.29, 0.717) is 0 Å². The van der Waals surface area contributed by atoms with Crippen LogP contribution in [0.4, 0.5) is 0 Å². The van der Waals surface area contributed by atoms with Crippen molar-refractivity contribution in [3.05, 3.63) is 0 Å². The Hall–Kier alpha value is 0.359. The Morgan fingerprint density at radius 3 is 0.600 bits per heavy atom. The van der Waals surface area contributed by atoms with E-state index >= 15 is 0 Å². The van der Waals surface area contributed by atoms with Gasteiger partial charge in [-0.2, -0.15) is 0 Å². The molecular weight excluding hydrogens is 120 g/mol. The zero-order valence-electron chi connectivity index (χ0n) is 2.20. The molecular formula is H5FeO4-3. The van der Waals surface area contributed by atoms with Crippen LogP contribution in [0.3, 0.4) is 0 Å². The van der Waals surface area contributed by atoms with Crippen LogP contribution in [0.5, 0.6) is 0 Å². The number of hydrogen-bond acceptors (Lipinski definition) is 3. The summed E-state index contributed by atoms with van der Waals surface area (Å²) in [6.45, 7) is 0. The van der Waals surface area contributed by atoms with Gasteiger partial charge in [-0.1, -0.05) is 0 Å². The molecule has 5 heteroatoms. The Morgan fingerprint density at radius 2 is 0.600 bits per heavy atom. The molecule has 0 saturated heterocycles. The summed E-state index contributed by atoms with van der Waals surface area (Å²) in [5, 5.41) is 0. The van der Waals surface area contributed by atoms with E-state index in [1.165, 1.54) is 0 Å². The Morgan fingerprint density at radius 1 is 0.600 bits per heavy atom. The van der Waals surface area contributed by atoms with Crippen molar-refractivity contribution in [3.8, 4) is 0 Å². The van der Waals surface area contributed by atoms with Crippen LogP contribution in [0.2, 0.25) is 0 Å². The van der Waals surface area contributed by atoms with Gasteiger partial charge in [0.2, 0.25) is 0 Å². The van der Waals surface area contributed by atoms with Crippen LogP contribution < -0.4 is 0 Å². The molecule has 0 fully saturated rings. The average Bonchev–Trinajstić information content (AvgIpc) is 0. The third-order valence-electron chi connectivity index (χ3n) is 0. The molecule has 40 valence electrons. The molecule has 0 unspecified atom stereocenters. The van der Waals surface area contributed by atoms with Gasteiger partial charge in [0.1, 0.15) is 0 Å². The van der Waals surface area contributed by atoms with Gasteiger partial charge in [0, 0.05) is 17.1 Å². The van der Waals surface area contributed by atoms with Crippen molar-refractivity contribution in [1.29, 1.82) is 0 Å². The van der Waals surface area contributed by atoms with E-state index < -0.39 is 0 Å². The molecule has 0 spiro atoms. The molecule has 0 aromatic carbocycles. The van der Waals surface area contributed by atoms with E-state index in [1.54, 1.807) is 0 Å². The summed E-state index contributed by atoms with van der Waals surface area (Å²) >= 11 is 0. The second kappa shape index (κ2) is 381. The van der Waals surface area contributed by atoms with Gasteiger partial charge in [-0.3, -0.25) is 0 Å². The van der Waals surface area contributed by atoms with Crippen LogP contribution in [0, 0.1) is 0 Å². The van der Waals surface area contributed by atoms with E-state index in [1.807, 2.05) is 0 Å². The first kappa shape index (κ1) is 788. The first-order valence-electron chi connectivity index (χ1n) is 0. The molecule has 5 heavy (non-hydrogen) atoms. The molecule has 0 bridgehead atoms. The predicted octanol–water partition coefficient (Wildman–Crippen LogP) is -1.36. The molecule has 0 atom stereocenters. The maximum absolute atomic E-state index is 0. The van der Waals surface area contributed by atoms with Crippen LogP contribution >= 0.6 is 0 Å². The molecule has 0 aliphatic heterocycles. The quantitative estimate of drug-likeness (QED) is 0.371. The van der Waals surface area contributed by atoms with Crippen molar-refractivity contribution in [2.45, 2.75) is 0 Å². The van der Waals surface area contributed by atoms with Crippen LogP contribution in [0.1, 0.15) is 0 Å². The van der Waals surface area contributed by atoms with Gasteiger partial charge in [0.25, 0.3) is 0 Å². The van der Waals surface area contributed by atoms with Gasteiger partial charge in [-0.05, 0) is 0 Å². The zero-order valence-corrected chi connectivity index (χ0v) is 3.30. The minimum absolute atomic E-state index is 0. The molecule has 0 saturated carbocycles. The third kappa shape index (κ3) is 188. The van der Waals surface area contributed by atoms with Gasteiger partial charge in [-0.15, -0.1) is 0 Å². The van der Waals surface area contributed by atoms with Crippen molar-refractivity contribution in [2.75, 3.05) is 0 Å².